The first-order chi connectivity index (χ1) is 7.78. The number of halogens is 2. The molecule has 1 aromatic carbocycles. The predicted molar refractivity (Wildman–Crippen MR) is 56.3 cm³/mol. The summed E-state index contributed by atoms with van der Waals surface area (Å²) in [6, 6.07) is 1.57. The Balaban J connectivity index is 3.30. The summed E-state index contributed by atoms with van der Waals surface area (Å²) in [5.41, 5.74) is -1.63. The molecule has 0 spiro atoms. The summed E-state index contributed by atoms with van der Waals surface area (Å²) in [4.78, 5) is 0. The summed E-state index contributed by atoms with van der Waals surface area (Å²) in [5, 5.41) is 17.4. The SMILES string of the molecule is CCS(=O)(=O)Nc1ccc(F)c(C(=N)[O-])c1F. The maximum absolute atomic E-state index is 13.5. The minimum atomic E-state index is -3.74. The lowest BCUT2D eigenvalue weighted by molar-refractivity contribution is -0.215. The Hall–Kier alpha value is -1.70. The third kappa shape index (κ3) is 2.90. The second-order valence-electron chi connectivity index (χ2n) is 3.12. The summed E-state index contributed by atoms with van der Waals surface area (Å²) in [6.07, 6.45) is 0. The van der Waals surface area contributed by atoms with Crippen molar-refractivity contribution in [3.8, 4) is 0 Å². The first-order valence-corrected chi connectivity index (χ1v) is 6.18. The van der Waals surface area contributed by atoms with Crippen LogP contribution in [0.15, 0.2) is 12.1 Å². The van der Waals surface area contributed by atoms with Crippen LogP contribution < -0.4 is 9.83 Å². The first-order valence-electron chi connectivity index (χ1n) is 4.53. The summed E-state index contributed by atoms with van der Waals surface area (Å²) in [5.74, 6) is -4.45. The van der Waals surface area contributed by atoms with E-state index < -0.39 is 38.8 Å². The molecule has 0 aliphatic rings. The van der Waals surface area contributed by atoms with Crippen LogP contribution in [0.5, 0.6) is 0 Å². The molecule has 0 aliphatic heterocycles. The van der Waals surface area contributed by atoms with Crippen molar-refractivity contribution in [3.63, 3.8) is 0 Å². The van der Waals surface area contributed by atoms with E-state index in [9.17, 15) is 22.3 Å². The minimum absolute atomic E-state index is 0.298. The van der Waals surface area contributed by atoms with Crippen LogP contribution in [0.3, 0.4) is 0 Å². The lowest BCUT2D eigenvalue weighted by atomic mass is 10.1. The van der Waals surface area contributed by atoms with Gasteiger partial charge in [-0.15, -0.1) is 0 Å². The highest BCUT2D eigenvalue weighted by Gasteiger charge is 2.16. The van der Waals surface area contributed by atoms with Crippen molar-refractivity contribution in [2.45, 2.75) is 6.92 Å². The zero-order valence-corrected chi connectivity index (χ0v) is 9.57. The van der Waals surface area contributed by atoms with E-state index in [0.717, 1.165) is 12.1 Å². The normalized spacial score (nSPS) is 11.2. The second kappa shape index (κ2) is 4.66. The molecule has 1 aromatic rings. The Bertz CT molecular complexity index is 558. The number of benzene rings is 1. The lowest BCUT2D eigenvalue weighted by Gasteiger charge is -2.14. The van der Waals surface area contributed by atoms with Crippen LogP contribution in [0, 0.1) is 17.0 Å². The van der Waals surface area contributed by atoms with Crippen molar-refractivity contribution in [1.82, 2.24) is 0 Å². The molecule has 2 N–H and O–H groups in total. The Morgan fingerprint density at radius 2 is 2.06 bits per heavy atom. The number of hydrogen-bond acceptors (Lipinski definition) is 4. The van der Waals surface area contributed by atoms with Crippen LogP contribution in [-0.2, 0) is 10.0 Å². The van der Waals surface area contributed by atoms with Gasteiger partial charge in [0.1, 0.15) is 5.82 Å². The van der Waals surface area contributed by atoms with Crippen molar-refractivity contribution in [1.29, 1.82) is 5.41 Å². The van der Waals surface area contributed by atoms with E-state index in [-0.39, 0.29) is 5.75 Å². The summed E-state index contributed by atoms with van der Waals surface area (Å²) >= 11 is 0. The van der Waals surface area contributed by atoms with Gasteiger partial charge in [0, 0.05) is 0 Å². The molecule has 0 saturated heterocycles. The lowest BCUT2D eigenvalue weighted by Crippen LogP contribution is -2.22. The van der Waals surface area contributed by atoms with Crippen LogP contribution in [0.2, 0.25) is 0 Å². The van der Waals surface area contributed by atoms with Gasteiger partial charge in [0.2, 0.25) is 10.0 Å². The molecular formula is C9H9F2N2O3S-. The average molecular weight is 263 g/mol. The molecule has 5 nitrogen and oxygen atoms in total. The monoisotopic (exact) mass is 263 g/mol. The van der Waals surface area contributed by atoms with Gasteiger partial charge in [0.25, 0.3) is 0 Å². The van der Waals surface area contributed by atoms with E-state index in [2.05, 4.69) is 0 Å². The molecule has 0 radical (unpaired) electrons. The molecule has 0 amide bonds. The molecular weight excluding hydrogens is 254 g/mol. The van der Waals surface area contributed by atoms with Crippen LogP contribution in [0.4, 0.5) is 14.5 Å². The van der Waals surface area contributed by atoms with Gasteiger partial charge in [-0.2, -0.15) is 0 Å². The van der Waals surface area contributed by atoms with E-state index in [1.54, 1.807) is 0 Å². The standard InChI is InChI=1S/C9H10F2N2O3S/c1-2-17(15,16)13-6-4-3-5(10)7(8(6)11)9(12)14/h3-4,13H,2H2,1H3,(H2,12,14)/p-1. The van der Waals surface area contributed by atoms with E-state index in [1.807, 2.05) is 4.72 Å². The zero-order valence-electron chi connectivity index (χ0n) is 8.75. The molecule has 0 atom stereocenters. The van der Waals surface area contributed by atoms with E-state index in [4.69, 9.17) is 5.41 Å². The quantitative estimate of drug-likeness (QED) is 0.608. The summed E-state index contributed by atoms with van der Waals surface area (Å²) in [7, 11) is -3.74. The van der Waals surface area contributed by atoms with Gasteiger partial charge in [0.15, 0.2) is 5.82 Å². The number of sulfonamides is 1. The Labute approximate surface area is 96.6 Å². The number of rotatable bonds is 4. The number of anilines is 1. The van der Waals surface area contributed by atoms with Gasteiger partial charge in [-0.05, 0) is 25.0 Å². The fraction of sp³-hybridized carbons (Fsp3) is 0.222. The molecule has 0 fully saturated rings. The average Bonchev–Trinajstić information content (AvgIpc) is 2.22. The van der Waals surface area contributed by atoms with E-state index in [1.165, 1.54) is 6.92 Å². The molecule has 0 unspecified atom stereocenters. The molecule has 0 aromatic heterocycles. The van der Waals surface area contributed by atoms with Gasteiger partial charge >= 0.3 is 0 Å². The van der Waals surface area contributed by atoms with Crippen molar-refractivity contribution in [3.05, 3.63) is 29.3 Å². The van der Waals surface area contributed by atoms with Crippen molar-refractivity contribution in [2.75, 3.05) is 10.5 Å². The van der Waals surface area contributed by atoms with Crippen molar-refractivity contribution in [2.24, 2.45) is 0 Å². The highest BCUT2D eigenvalue weighted by Crippen LogP contribution is 2.21. The summed E-state index contributed by atoms with van der Waals surface area (Å²) < 4.78 is 50.8. The first kappa shape index (κ1) is 13.4. The predicted octanol–water partition coefficient (Wildman–Crippen LogP) is 0.412. The third-order valence-electron chi connectivity index (χ3n) is 1.96. The molecule has 0 heterocycles. The molecule has 0 bridgehead atoms. The smallest absolute Gasteiger partial charge is 0.232 e. The molecule has 17 heavy (non-hydrogen) atoms. The molecule has 1 rings (SSSR count). The minimum Gasteiger partial charge on any atom is -0.859 e. The zero-order chi connectivity index (χ0) is 13.2. The maximum Gasteiger partial charge on any atom is 0.232 e. The summed E-state index contributed by atoms with van der Waals surface area (Å²) in [6.45, 7) is 1.33. The number of nitrogens with one attached hydrogen (secondary N) is 2. The fourth-order valence-corrected chi connectivity index (χ4v) is 1.72. The largest absolute Gasteiger partial charge is 0.859 e. The van der Waals surface area contributed by atoms with Crippen LogP contribution >= 0.6 is 0 Å². The molecule has 8 heteroatoms. The Kier molecular flexibility index (Phi) is 3.66. The molecule has 94 valence electrons. The van der Waals surface area contributed by atoms with E-state index in [0.29, 0.717) is 0 Å². The van der Waals surface area contributed by atoms with Gasteiger partial charge in [-0.1, -0.05) is 0 Å². The fourth-order valence-electron chi connectivity index (χ4n) is 1.08. The third-order valence-corrected chi connectivity index (χ3v) is 3.25. The second-order valence-corrected chi connectivity index (χ2v) is 5.13. The van der Waals surface area contributed by atoms with Crippen LogP contribution in [-0.4, -0.2) is 20.1 Å². The Morgan fingerprint density at radius 1 is 1.47 bits per heavy atom. The van der Waals surface area contributed by atoms with Crippen LogP contribution in [0.25, 0.3) is 0 Å². The van der Waals surface area contributed by atoms with Gasteiger partial charge < -0.3 is 10.5 Å². The molecule has 0 saturated carbocycles. The van der Waals surface area contributed by atoms with Crippen molar-refractivity contribution >= 4 is 21.6 Å². The maximum atomic E-state index is 13.5. The highest BCUT2D eigenvalue weighted by molar-refractivity contribution is 7.92. The highest BCUT2D eigenvalue weighted by atomic mass is 32.2. The van der Waals surface area contributed by atoms with Gasteiger partial charge in [-0.3, -0.25) is 4.72 Å². The van der Waals surface area contributed by atoms with Crippen LogP contribution in [0.1, 0.15) is 12.5 Å². The van der Waals surface area contributed by atoms with E-state index >= 15 is 0 Å². The van der Waals surface area contributed by atoms with Gasteiger partial charge in [0.05, 0.1) is 17.0 Å². The molecule has 0 aliphatic carbocycles. The van der Waals surface area contributed by atoms with Crippen molar-refractivity contribution < 1.29 is 22.3 Å². The number of hydrogen-bond donors (Lipinski definition) is 2. The Morgan fingerprint density at radius 3 is 2.53 bits per heavy atom. The topological polar surface area (TPSA) is 93.1 Å². The van der Waals surface area contributed by atoms with Gasteiger partial charge in [-0.25, -0.2) is 17.2 Å².